The van der Waals surface area contributed by atoms with Gasteiger partial charge in [0.25, 0.3) is 0 Å². The monoisotopic (exact) mass is 436 g/mol. The second kappa shape index (κ2) is 7.00. The number of benzene rings is 1. The molecule has 0 atom stereocenters. The fraction of sp³-hybridized carbons (Fsp3) is 0.368. The summed E-state index contributed by atoms with van der Waals surface area (Å²) in [6.07, 6.45) is -4.05. The first-order valence-electron chi connectivity index (χ1n) is 9.28. The van der Waals surface area contributed by atoms with Gasteiger partial charge in [-0.1, -0.05) is 0 Å². The number of aromatic nitrogens is 4. The van der Waals surface area contributed by atoms with Crippen LogP contribution in [0, 0.1) is 6.92 Å². The van der Waals surface area contributed by atoms with Gasteiger partial charge in [-0.3, -0.25) is 0 Å². The molecule has 1 amide bonds. The molecule has 1 aliphatic rings. The highest BCUT2D eigenvalue weighted by Crippen LogP contribution is 2.39. The van der Waals surface area contributed by atoms with Crippen molar-refractivity contribution in [1.29, 1.82) is 0 Å². The number of rotatable bonds is 3. The van der Waals surface area contributed by atoms with Crippen molar-refractivity contribution in [2.45, 2.75) is 19.1 Å². The lowest BCUT2D eigenvalue weighted by Gasteiger charge is -2.43. The maximum atomic E-state index is 13.0. The zero-order chi connectivity index (χ0) is 22.7. The highest BCUT2D eigenvalue weighted by atomic mass is 19.4. The van der Waals surface area contributed by atoms with Crippen molar-refractivity contribution in [3.05, 3.63) is 29.5 Å². The van der Waals surface area contributed by atoms with E-state index < -0.39 is 23.6 Å². The van der Waals surface area contributed by atoms with Crippen LogP contribution in [0.15, 0.2) is 18.3 Å². The molecule has 0 aliphatic carbocycles. The number of fused-ring (bicyclic) bond motifs is 1. The Morgan fingerprint density at radius 2 is 1.94 bits per heavy atom. The Morgan fingerprint density at radius 1 is 1.26 bits per heavy atom. The molecular formula is C19H19F3N6O3. The molecule has 12 heteroatoms. The number of aryl methyl sites for hydroxylation is 2. The molecule has 0 unspecified atom stereocenters. The zero-order valence-electron chi connectivity index (χ0n) is 16.8. The molecule has 0 saturated carbocycles. The SMILES string of the molecule is Cc1cc(C(F)(F)F)cc(O)c1-c1nc2nc(N3CC(N(C)C(=O)O)C3)cnc2n1C. The Labute approximate surface area is 174 Å². The number of anilines is 1. The van der Waals surface area contributed by atoms with E-state index in [1.807, 2.05) is 4.90 Å². The smallest absolute Gasteiger partial charge is 0.416 e. The van der Waals surface area contributed by atoms with Crippen LogP contribution in [-0.2, 0) is 13.2 Å². The average Bonchev–Trinajstić information content (AvgIpc) is 2.95. The van der Waals surface area contributed by atoms with Crippen molar-refractivity contribution in [2.24, 2.45) is 7.05 Å². The number of aromatic hydroxyl groups is 1. The Morgan fingerprint density at radius 3 is 2.52 bits per heavy atom. The van der Waals surface area contributed by atoms with Crippen molar-refractivity contribution >= 4 is 23.2 Å². The van der Waals surface area contributed by atoms with E-state index in [2.05, 4.69) is 15.0 Å². The molecule has 3 aromatic rings. The maximum absolute atomic E-state index is 13.0. The molecule has 0 bridgehead atoms. The van der Waals surface area contributed by atoms with Crippen LogP contribution in [0.5, 0.6) is 5.75 Å². The van der Waals surface area contributed by atoms with E-state index in [1.165, 1.54) is 25.1 Å². The Kier molecular flexibility index (Phi) is 4.67. The number of likely N-dealkylation sites (N-methyl/N-ethyl adjacent to an activating group) is 1. The van der Waals surface area contributed by atoms with E-state index in [0.29, 0.717) is 30.6 Å². The first-order valence-corrected chi connectivity index (χ1v) is 9.28. The van der Waals surface area contributed by atoms with Gasteiger partial charge in [-0.2, -0.15) is 13.2 Å². The topological polar surface area (TPSA) is 108 Å². The summed E-state index contributed by atoms with van der Waals surface area (Å²) in [4.78, 5) is 27.3. The van der Waals surface area contributed by atoms with Gasteiger partial charge in [0.15, 0.2) is 11.3 Å². The van der Waals surface area contributed by atoms with Crippen LogP contribution in [0.2, 0.25) is 0 Å². The maximum Gasteiger partial charge on any atom is 0.416 e. The van der Waals surface area contributed by atoms with Crippen LogP contribution in [0.25, 0.3) is 22.7 Å². The van der Waals surface area contributed by atoms with Crippen LogP contribution >= 0.6 is 0 Å². The molecule has 1 saturated heterocycles. The van der Waals surface area contributed by atoms with Gasteiger partial charge in [0.1, 0.15) is 17.4 Å². The summed E-state index contributed by atoms with van der Waals surface area (Å²) in [5, 5.41) is 19.3. The Bertz CT molecular complexity index is 1160. The third-order valence-electron chi connectivity index (χ3n) is 5.47. The number of phenols is 1. The van der Waals surface area contributed by atoms with E-state index in [0.717, 1.165) is 6.07 Å². The fourth-order valence-electron chi connectivity index (χ4n) is 3.59. The van der Waals surface area contributed by atoms with Gasteiger partial charge < -0.3 is 24.6 Å². The van der Waals surface area contributed by atoms with Crippen molar-refractivity contribution in [1.82, 2.24) is 24.4 Å². The number of halogens is 3. The van der Waals surface area contributed by atoms with Gasteiger partial charge in [-0.05, 0) is 24.6 Å². The molecule has 1 aromatic carbocycles. The predicted molar refractivity (Wildman–Crippen MR) is 105 cm³/mol. The number of alkyl halides is 3. The largest absolute Gasteiger partial charge is 0.507 e. The lowest BCUT2D eigenvalue weighted by molar-refractivity contribution is -0.137. The van der Waals surface area contributed by atoms with E-state index in [1.54, 1.807) is 11.6 Å². The highest BCUT2D eigenvalue weighted by Gasteiger charge is 2.34. The minimum atomic E-state index is -4.57. The van der Waals surface area contributed by atoms with Crippen molar-refractivity contribution in [3.8, 4) is 17.1 Å². The number of carboxylic acid groups (broad SMARTS) is 1. The standard InChI is InChI=1S/C19H19F3N6O3/c1-9-4-10(19(20,21)22)5-12(29)14(9)16-25-15-17(27(16)3)23-6-13(24-15)28-7-11(8-28)26(2)18(30)31/h4-6,11,29H,7-8H2,1-3H3,(H,30,31). The first kappa shape index (κ1) is 20.7. The Hall–Kier alpha value is -3.57. The molecule has 3 heterocycles. The van der Waals surface area contributed by atoms with Crippen molar-refractivity contribution < 1.29 is 28.2 Å². The number of hydrogen-bond donors (Lipinski definition) is 2. The summed E-state index contributed by atoms with van der Waals surface area (Å²) in [6.45, 7) is 2.39. The summed E-state index contributed by atoms with van der Waals surface area (Å²) in [5.41, 5.74) is 0.111. The number of imidazole rings is 1. The molecule has 9 nitrogen and oxygen atoms in total. The van der Waals surface area contributed by atoms with Crippen molar-refractivity contribution in [3.63, 3.8) is 0 Å². The Balaban J connectivity index is 1.68. The third kappa shape index (κ3) is 3.47. The zero-order valence-corrected chi connectivity index (χ0v) is 16.8. The van der Waals surface area contributed by atoms with Crippen LogP contribution < -0.4 is 4.90 Å². The number of phenolic OH excluding ortho intramolecular Hbond substituents is 1. The lowest BCUT2D eigenvalue weighted by atomic mass is 10.0. The third-order valence-corrected chi connectivity index (χ3v) is 5.47. The van der Waals surface area contributed by atoms with Crippen molar-refractivity contribution in [2.75, 3.05) is 25.0 Å². The van der Waals surface area contributed by atoms with Gasteiger partial charge >= 0.3 is 12.3 Å². The molecule has 4 rings (SSSR count). The van der Waals surface area contributed by atoms with E-state index in [4.69, 9.17) is 5.11 Å². The van der Waals surface area contributed by atoms with Crippen LogP contribution in [0.3, 0.4) is 0 Å². The van der Waals surface area contributed by atoms with Gasteiger partial charge in [0.05, 0.1) is 23.4 Å². The van der Waals surface area contributed by atoms with Crippen LogP contribution in [0.1, 0.15) is 11.1 Å². The summed E-state index contributed by atoms with van der Waals surface area (Å²) < 4.78 is 40.6. The van der Waals surface area contributed by atoms with Gasteiger partial charge in [0, 0.05) is 27.2 Å². The number of hydrogen-bond acceptors (Lipinski definition) is 6. The van der Waals surface area contributed by atoms with Crippen LogP contribution in [0.4, 0.5) is 23.8 Å². The highest BCUT2D eigenvalue weighted by molar-refractivity contribution is 5.79. The van der Waals surface area contributed by atoms with E-state index in [-0.39, 0.29) is 28.6 Å². The predicted octanol–water partition coefficient (Wildman–Crippen LogP) is 2.86. The molecule has 2 aromatic heterocycles. The number of nitrogens with zero attached hydrogens (tertiary/aromatic N) is 6. The molecule has 164 valence electrons. The van der Waals surface area contributed by atoms with Gasteiger partial charge in [-0.15, -0.1) is 0 Å². The van der Waals surface area contributed by atoms with E-state index >= 15 is 0 Å². The van der Waals surface area contributed by atoms with Gasteiger partial charge in [0.2, 0.25) is 0 Å². The fourth-order valence-corrected chi connectivity index (χ4v) is 3.59. The summed E-state index contributed by atoms with van der Waals surface area (Å²) >= 11 is 0. The molecule has 1 fully saturated rings. The normalized spacial score (nSPS) is 14.7. The average molecular weight is 436 g/mol. The molecule has 31 heavy (non-hydrogen) atoms. The summed E-state index contributed by atoms with van der Waals surface area (Å²) in [7, 11) is 3.14. The minimum Gasteiger partial charge on any atom is -0.507 e. The van der Waals surface area contributed by atoms with E-state index in [9.17, 15) is 23.1 Å². The molecule has 1 aliphatic heterocycles. The molecule has 0 radical (unpaired) electrons. The van der Waals surface area contributed by atoms with Gasteiger partial charge in [-0.25, -0.2) is 19.7 Å². The second-order valence-corrected chi connectivity index (χ2v) is 7.51. The summed E-state index contributed by atoms with van der Waals surface area (Å²) in [6, 6.07) is 1.48. The quantitative estimate of drug-likeness (QED) is 0.650. The van der Waals surface area contributed by atoms with Crippen LogP contribution in [-0.4, -0.2) is 66.9 Å². The second-order valence-electron chi connectivity index (χ2n) is 7.51. The summed E-state index contributed by atoms with van der Waals surface area (Å²) in [5.74, 6) is 0.219. The molecule has 2 N–H and O–H groups in total. The molecular weight excluding hydrogens is 417 g/mol. The molecule has 0 spiro atoms. The first-order chi connectivity index (χ1) is 14.5. The number of carbonyl (C=O) groups is 1. The lowest BCUT2D eigenvalue weighted by Crippen LogP contribution is -2.59. The minimum absolute atomic E-state index is 0.152. The number of amides is 1.